The molecule has 1 N–H and O–H groups in total. The normalized spacial score (nSPS) is 16.0. The lowest BCUT2D eigenvalue weighted by Gasteiger charge is -2.31. The van der Waals surface area contributed by atoms with Crippen molar-refractivity contribution in [1.82, 2.24) is 19.5 Å². The van der Waals surface area contributed by atoms with Crippen molar-refractivity contribution < 1.29 is 8.42 Å². The molecule has 0 spiro atoms. The molecule has 1 aromatic heterocycles. The summed E-state index contributed by atoms with van der Waals surface area (Å²) in [6.45, 7) is 7.36. The van der Waals surface area contributed by atoms with Crippen molar-refractivity contribution in [2.45, 2.75) is 38.1 Å². The lowest BCUT2D eigenvalue weighted by Crippen LogP contribution is -2.40. The maximum Gasteiger partial charge on any atom is 0.243 e. The number of rotatable bonds is 7. The summed E-state index contributed by atoms with van der Waals surface area (Å²) in [5, 5.41) is 6.50. The molecule has 1 aromatic carbocycles. The number of piperidine rings is 1. The van der Waals surface area contributed by atoms with E-state index in [9.17, 15) is 8.42 Å². The Kier molecular flexibility index (Phi) is 10.2. The van der Waals surface area contributed by atoms with Crippen molar-refractivity contribution >= 4 is 51.3 Å². The van der Waals surface area contributed by atoms with Crippen LogP contribution in [0.25, 0.3) is 0 Å². The lowest BCUT2D eigenvalue weighted by molar-refractivity contribution is 0.278. The highest BCUT2D eigenvalue weighted by Crippen LogP contribution is 2.24. The van der Waals surface area contributed by atoms with Gasteiger partial charge in [-0.25, -0.2) is 13.4 Å². The molecule has 0 atom stereocenters. The van der Waals surface area contributed by atoms with Crippen LogP contribution in [0.1, 0.15) is 30.5 Å². The summed E-state index contributed by atoms with van der Waals surface area (Å²) in [5.41, 5.74) is 1.05. The summed E-state index contributed by atoms with van der Waals surface area (Å²) in [5.74, 6) is 1.25. The minimum atomic E-state index is -3.40. The van der Waals surface area contributed by atoms with Crippen LogP contribution in [0.3, 0.4) is 0 Å². The molecule has 0 radical (unpaired) electrons. The van der Waals surface area contributed by atoms with Gasteiger partial charge in [0.25, 0.3) is 0 Å². The molecule has 0 amide bonds. The van der Waals surface area contributed by atoms with Gasteiger partial charge >= 0.3 is 0 Å². The van der Waals surface area contributed by atoms with Crippen LogP contribution >= 0.6 is 35.3 Å². The van der Waals surface area contributed by atoms with Gasteiger partial charge in [-0.2, -0.15) is 4.31 Å². The Morgan fingerprint density at radius 3 is 2.55 bits per heavy atom. The van der Waals surface area contributed by atoms with Crippen LogP contribution in [-0.4, -0.2) is 61.8 Å². The summed E-state index contributed by atoms with van der Waals surface area (Å²) >= 11 is 1.66. The van der Waals surface area contributed by atoms with Crippen molar-refractivity contribution in [1.29, 1.82) is 0 Å². The summed E-state index contributed by atoms with van der Waals surface area (Å²) < 4.78 is 27.2. The first kappa shape index (κ1) is 26.0. The van der Waals surface area contributed by atoms with Gasteiger partial charge < -0.3 is 10.2 Å². The molecule has 0 unspecified atom stereocenters. The van der Waals surface area contributed by atoms with Gasteiger partial charge in [-0.1, -0.05) is 18.2 Å². The zero-order valence-electron chi connectivity index (χ0n) is 18.3. The van der Waals surface area contributed by atoms with E-state index in [0.29, 0.717) is 37.0 Å². The van der Waals surface area contributed by atoms with Crippen LogP contribution in [-0.2, 0) is 16.6 Å². The van der Waals surface area contributed by atoms with E-state index < -0.39 is 10.0 Å². The van der Waals surface area contributed by atoms with Crippen molar-refractivity contribution in [2.24, 2.45) is 10.9 Å². The molecule has 0 bridgehead atoms. The number of benzene rings is 1. The second-order valence-corrected chi connectivity index (χ2v) is 10.6. The number of nitrogens with one attached hydrogen (secondary N) is 1. The smallest absolute Gasteiger partial charge is 0.243 e. The SMILES string of the molecule is CCNC(=NCC1CCN(S(=O)(=O)c2ccccc2)CC1)N(C)Cc1csc(C)n1.I. The van der Waals surface area contributed by atoms with Gasteiger partial charge in [0.05, 0.1) is 22.1 Å². The van der Waals surface area contributed by atoms with Gasteiger partial charge in [-0.05, 0) is 44.7 Å². The molecule has 7 nitrogen and oxygen atoms in total. The Bertz CT molecular complexity index is 942. The fourth-order valence-corrected chi connectivity index (χ4v) is 5.65. The molecule has 3 rings (SSSR count). The molecule has 1 aliphatic rings. The van der Waals surface area contributed by atoms with Crippen molar-refractivity contribution in [2.75, 3.05) is 33.2 Å². The van der Waals surface area contributed by atoms with Crippen LogP contribution in [0, 0.1) is 12.8 Å². The van der Waals surface area contributed by atoms with Crippen LogP contribution in [0.15, 0.2) is 45.6 Å². The van der Waals surface area contributed by atoms with E-state index in [2.05, 4.69) is 27.5 Å². The number of hydrogen-bond donors (Lipinski definition) is 1. The molecule has 2 heterocycles. The van der Waals surface area contributed by atoms with E-state index in [4.69, 9.17) is 4.99 Å². The second-order valence-electron chi connectivity index (χ2n) is 7.57. The van der Waals surface area contributed by atoms with Crippen LogP contribution in [0.4, 0.5) is 0 Å². The number of guanidine groups is 1. The first-order valence-corrected chi connectivity index (χ1v) is 12.7. The summed E-state index contributed by atoms with van der Waals surface area (Å²) in [6, 6.07) is 8.68. The molecular weight excluding hydrogens is 545 g/mol. The highest BCUT2D eigenvalue weighted by molar-refractivity contribution is 14.0. The fraction of sp³-hybridized carbons (Fsp3) is 0.524. The van der Waals surface area contributed by atoms with Crippen LogP contribution in [0.5, 0.6) is 0 Å². The van der Waals surface area contributed by atoms with E-state index in [-0.39, 0.29) is 24.0 Å². The van der Waals surface area contributed by atoms with Crippen molar-refractivity contribution in [3.05, 3.63) is 46.4 Å². The van der Waals surface area contributed by atoms with Gasteiger partial charge in [0.2, 0.25) is 10.0 Å². The molecule has 0 aliphatic carbocycles. The Morgan fingerprint density at radius 2 is 1.97 bits per heavy atom. The largest absolute Gasteiger partial charge is 0.357 e. The zero-order valence-corrected chi connectivity index (χ0v) is 22.3. The second kappa shape index (κ2) is 12.1. The van der Waals surface area contributed by atoms with Gasteiger partial charge in [-0.3, -0.25) is 4.99 Å². The molecule has 1 aliphatic heterocycles. The first-order valence-electron chi connectivity index (χ1n) is 10.4. The fourth-order valence-electron chi connectivity index (χ4n) is 3.56. The highest BCUT2D eigenvalue weighted by Gasteiger charge is 2.29. The van der Waals surface area contributed by atoms with E-state index >= 15 is 0 Å². The Labute approximate surface area is 207 Å². The molecule has 31 heavy (non-hydrogen) atoms. The Balaban J connectivity index is 0.00000341. The molecule has 1 saturated heterocycles. The third-order valence-electron chi connectivity index (χ3n) is 5.22. The van der Waals surface area contributed by atoms with E-state index in [1.165, 1.54) is 0 Å². The molecule has 1 fully saturated rings. The number of aryl methyl sites for hydroxylation is 1. The summed E-state index contributed by atoms with van der Waals surface area (Å²) in [6.07, 6.45) is 1.65. The van der Waals surface area contributed by atoms with Gasteiger partial charge in [-0.15, -0.1) is 35.3 Å². The number of halogens is 1. The maximum atomic E-state index is 12.8. The Morgan fingerprint density at radius 1 is 1.29 bits per heavy atom. The molecule has 2 aromatic rings. The molecule has 172 valence electrons. The van der Waals surface area contributed by atoms with Gasteiger partial charge in [0.1, 0.15) is 0 Å². The minimum absolute atomic E-state index is 0. The van der Waals surface area contributed by atoms with Gasteiger partial charge in [0, 0.05) is 38.6 Å². The first-order chi connectivity index (χ1) is 14.4. The summed E-state index contributed by atoms with van der Waals surface area (Å²) in [4.78, 5) is 11.8. The number of aromatic nitrogens is 1. The Hall–Kier alpha value is -1.24. The third-order valence-corrected chi connectivity index (χ3v) is 7.95. The minimum Gasteiger partial charge on any atom is -0.357 e. The van der Waals surface area contributed by atoms with Gasteiger partial charge in [0.15, 0.2) is 5.96 Å². The standard InChI is InChI=1S/C21H31N5O2S2.HI/c1-4-22-21(25(3)15-19-16-29-17(2)24-19)23-14-18-10-12-26(13-11-18)30(27,28)20-8-6-5-7-9-20;/h5-9,16,18H,4,10-15H2,1-3H3,(H,22,23);1H. The maximum absolute atomic E-state index is 12.8. The molecular formula is C21H32IN5O2S2. The number of nitrogens with zero attached hydrogens (tertiary/aromatic N) is 4. The number of aliphatic imine (C=N–C) groups is 1. The van der Waals surface area contributed by atoms with Crippen LogP contribution in [0.2, 0.25) is 0 Å². The summed E-state index contributed by atoms with van der Waals surface area (Å²) in [7, 11) is -1.38. The number of sulfonamides is 1. The zero-order chi connectivity index (χ0) is 21.6. The monoisotopic (exact) mass is 577 g/mol. The third kappa shape index (κ3) is 7.13. The molecule has 0 saturated carbocycles. The number of hydrogen-bond acceptors (Lipinski definition) is 5. The predicted molar refractivity (Wildman–Crippen MR) is 138 cm³/mol. The van der Waals surface area contributed by atoms with Crippen molar-refractivity contribution in [3.8, 4) is 0 Å². The number of thiazole rings is 1. The average molecular weight is 578 g/mol. The quantitative estimate of drug-likeness (QED) is 0.310. The van der Waals surface area contributed by atoms with E-state index in [0.717, 1.165) is 36.0 Å². The van der Waals surface area contributed by atoms with Crippen LogP contribution < -0.4 is 5.32 Å². The van der Waals surface area contributed by atoms with E-state index in [1.54, 1.807) is 39.9 Å². The highest BCUT2D eigenvalue weighted by atomic mass is 127. The topological polar surface area (TPSA) is 77.9 Å². The van der Waals surface area contributed by atoms with Crippen molar-refractivity contribution in [3.63, 3.8) is 0 Å². The lowest BCUT2D eigenvalue weighted by atomic mass is 9.98. The average Bonchev–Trinajstić information content (AvgIpc) is 3.16. The van der Waals surface area contributed by atoms with E-state index in [1.807, 2.05) is 20.0 Å². The predicted octanol–water partition coefficient (Wildman–Crippen LogP) is 3.57. The molecule has 10 heteroatoms.